The number of aliphatic imine (C=N–C) groups is 1. The van der Waals surface area contributed by atoms with E-state index < -0.39 is 0 Å². The molecular weight excluding hydrogens is 457 g/mol. The molecule has 0 saturated heterocycles. The number of phenolic OH excluding ortho intramolecular Hbond substituents is 1. The molecule has 2 aromatic rings. The minimum Gasteiger partial charge on any atom is -0.508 e. The van der Waals surface area contributed by atoms with Crippen molar-refractivity contribution in [2.45, 2.75) is 13.3 Å². The molecular formula is C20H28IN3O3. The fourth-order valence-electron chi connectivity index (χ4n) is 2.36. The fraction of sp³-hybridized carbons (Fsp3) is 0.350. The quantitative estimate of drug-likeness (QED) is 0.220. The Balaban J connectivity index is 0.00000364. The second kappa shape index (κ2) is 13.1. The lowest BCUT2D eigenvalue weighted by Gasteiger charge is -2.12. The summed E-state index contributed by atoms with van der Waals surface area (Å²) in [6.45, 7) is 4.63. The van der Waals surface area contributed by atoms with Gasteiger partial charge in [-0.15, -0.1) is 24.0 Å². The molecule has 0 unspecified atom stereocenters. The number of ether oxygens (including phenoxy) is 2. The maximum atomic E-state index is 9.49. The zero-order valence-electron chi connectivity index (χ0n) is 15.8. The Bertz CT molecular complexity index is 693. The van der Waals surface area contributed by atoms with Crippen LogP contribution >= 0.6 is 24.0 Å². The monoisotopic (exact) mass is 485 g/mol. The van der Waals surface area contributed by atoms with Crippen molar-refractivity contribution in [1.29, 1.82) is 0 Å². The third-order valence-electron chi connectivity index (χ3n) is 3.65. The number of aromatic hydroxyl groups is 1. The maximum Gasteiger partial charge on any atom is 0.191 e. The van der Waals surface area contributed by atoms with Crippen molar-refractivity contribution in [3.8, 4) is 17.2 Å². The standard InChI is InChI=1S/C20H27N3O3.HI/c1-3-21-20(22-12-11-16-5-4-6-17(24)15-16)23-13-14-26-19-9-7-18(25-2)8-10-19;/h4-10,15,24H,3,11-14H2,1-2H3,(H2,21,22,23);1H. The lowest BCUT2D eigenvalue weighted by molar-refractivity contribution is 0.321. The van der Waals surface area contributed by atoms with Gasteiger partial charge in [0.25, 0.3) is 0 Å². The van der Waals surface area contributed by atoms with E-state index in [1.807, 2.05) is 43.3 Å². The zero-order valence-corrected chi connectivity index (χ0v) is 18.1. The number of hydrogen-bond acceptors (Lipinski definition) is 4. The fourth-order valence-corrected chi connectivity index (χ4v) is 2.36. The summed E-state index contributed by atoms with van der Waals surface area (Å²) in [6, 6.07) is 14.8. The molecule has 0 atom stereocenters. The number of benzene rings is 2. The van der Waals surface area contributed by atoms with Crippen molar-refractivity contribution >= 4 is 29.9 Å². The van der Waals surface area contributed by atoms with Crippen LogP contribution in [0.3, 0.4) is 0 Å². The van der Waals surface area contributed by atoms with E-state index in [0.29, 0.717) is 19.7 Å². The van der Waals surface area contributed by atoms with Gasteiger partial charge >= 0.3 is 0 Å². The third kappa shape index (κ3) is 8.85. The lowest BCUT2D eigenvalue weighted by Crippen LogP contribution is -2.39. The van der Waals surface area contributed by atoms with E-state index in [0.717, 1.165) is 36.0 Å². The van der Waals surface area contributed by atoms with Crippen molar-refractivity contribution in [2.24, 2.45) is 4.99 Å². The van der Waals surface area contributed by atoms with E-state index >= 15 is 0 Å². The SMILES string of the molecule is CCNC(=NCCc1cccc(O)c1)NCCOc1ccc(OC)cc1.I. The van der Waals surface area contributed by atoms with Gasteiger partial charge in [-0.3, -0.25) is 4.99 Å². The first-order valence-corrected chi connectivity index (χ1v) is 8.78. The predicted octanol–water partition coefficient (Wildman–Crippen LogP) is 3.20. The lowest BCUT2D eigenvalue weighted by atomic mass is 10.1. The first kappa shape index (κ1) is 22.9. The van der Waals surface area contributed by atoms with Crippen LogP contribution in [-0.2, 0) is 6.42 Å². The topological polar surface area (TPSA) is 75.1 Å². The molecule has 27 heavy (non-hydrogen) atoms. The Kier molecular flexibility index (Phi) is 11.1. The van der Waals surface area contributed by atoms with Gasteiger partial charge in [-0.25, -0.2) is 0 Å². The summed E-state index contributed by atoms with van der Waals surface area (Å²) in [7, 11) is 1.64. The van der Waals surface area contributed by atoms with Crippen LogP contribution in [0.25, 0.3) is 0 Å². The molecule has 6 nitrogen and oxygen atoms in total. The van der Waals surface area contributed by atoms with Crippen LogP contribution in [0.5, 0.6) is 17.2 Å². The molecule has 3 N–H and O–H groups in total. The van der Waals surface area contributed by atoms with E-state index in [4.69, 9.17) is 9.47 Å². The summed E-state index contributed by atoms with van der Waals surface area (Å²) in [5.74, 6) is 2.65. The van der Waals surface area contributed by atoms with Crippen molar-refractivity contribution in [3.63, 3.8) is 0 Å². The van der Waals surface area contributed by atoms with Crippen LogP contribution in [0.2, 0.25) is 0 Å². The number of nitrogens with one attached hydrogen (secondary N) is 2. The highest BCUT2D eigenvalue weighted by molar-refractivity contribution is 14.0. The van der Waals surface area contributed by atoms with Crippen LogP contribution in [0.1, 0.15) is 12.5 Å². The van der Waals surface area contributed by atoms with Gasteiger partial charge in [0.15, 0.2) is 5.96 Å². The van der Waals surface area contributed by atoms with Crippen LogP contribution in [-0.4, -0.2) is 44.4 Å². The zero-order chi connectivity index (χ0) is 18.6. The molecule has 0 aromatic heterocycles. The Labute approximate surface area is 178 Å². The number of halogens is 1. The number of hydrogen-bond donors (Lipinski definition) is 3. The molecule has 148 valence electrons. The van der Waals surface area contributed by atoms with Crippen molar-refractivity contribution in [3.05, 3.63) is 54.1 Å². The highest BCUT2D eigenvalue weighted by atomic mass is 127. The van der Waals surface area contributed by atoms with Crippen LogP contribution < -0.4 is 20.1 Å². The van der Waals surface area contributed by atoms with Gasteiger partial charge in [0.1, 0.15) is 23.9 Å². The molecule has 0 aliphatic heterocycles. The van der Waals surface area contributed by atoms with Gasteiger partial charge in [0.2, 0.25) is 0 Å². The molecule has 0 spiro atoms. The minimum absolute atomic E-state index is 0. The number of nitrogens with zero attached hydrogens (tertiary/aromatic N) is 1. The van der Waals surface area contributed by atoms with E-state index in [1.54, 1.807) is 19.2 Å². The normalized spacial score (nSPS) is 10.7. The van der Waals surface area contributed by atoms with E-state index in [1.165, 1.54) is 0 Å². The van der Waals surface area contributed by atoms with E-state index in [-0.39, 0.29) is 29.7 Å². The van der Waals surface area contributed by atoms with Crippen LogP contribution in [0, 0.1) is 0 Å². The summed E-state index contributed by atoms with van der Waals surface area (Å²) in [5, 5.41) is 16.0. The van der Waals surface area contributed by atoms with Gasteiger partial charge in [0, 0.05) is 13.1 Å². The molecule has 0 amide bonds. The van der Waals surface area contributed by atoms with Crippen LogP contribution in [0.4, 0.5) is 0 Å². The average molecular weight is 485 g/mol. The number of guanidine groups is 1. The molecule has 0 saturated carbocycles. The number of phenols is 1. The molecule has 2 rings (SSSR count). The average Bonchev–Trinajstić information content (AvgIpc) is 2.65. The number of rotatable bonds is 9. The number of methoxy groups -OCH3 is 1. The van der Waals surface area contributed by atoms with E-state index in [9.17, 15) is 5.11 Å². The molecule has 0 fully saturated rings. The maximum absolute atomic E-state index is 9.49. The van der Waals surface area contributed by atoms with E-state index in [2.05, 4.69) is 15.6 Å². The van der Waals surface area contributed by atoms with Gasteiger partial charge in [-0.05, 0) is 55.3 Å². The molecule has 0 aliphatic carbocycles. The van der Waals surface area contributed by atoms with Crippen molar-refractivity contribution < 1.29 is 14.6 Å². The molecule has 0 aliphatic rings. The molecule has 0 bridgehead atoms. The largest absolute Gasteiger partial charge is 0.508 e. The second-order valence-electron chi connectivity index (χ2n) is 5.63. The second-order valence-corrected chi connectivity index (χ2v) is 5.63. The van der Waals surface area contributed by atoms with Crippen molar-refractivity contribution in [2.75, 3.05) is 33.4 Å². The van der Waals surface area contributed by atoms with Gasteiger partial charge in [0.05, 0.1) is 13.7 Å². The van der Waals surface area contributed by atoms with Crippen LogP contribution in [0.15, 0.2) is 53.5 Å². The first-order chi connectivity index (χ1) is 12.7. The van der Waals surface area contributed by atoms with Gasteiger partial charge < -0.3 is 25.2 Å². The Morgan fingerprint density at radius 2 is 1.81 bits per heavy atom. The highest BCUT2D eigenvalue weighted by Crippen LogP contribution is 2.16. The highest BCUT2D eigenvalue weighted by Gasteiger charge is 1.99. The molecule has 0 heterocycles. The summed E-state index contributed by atoms with van der Waals surface area (Å²) >= 11 is 0. The van der Waals surface area contributed by atoms with Gasteiger partial charge in [-0.2, -0.15) is 0 Å². The molecule has 2 aromatic carbocycles. The molecule has 0 radical (unpaired) electrons. The van der Waals surface area contributed by atoms with Crippen molar-refractivity contribution in [1.82, 2.24) is 10.6 Å². The summed E-state index contributed by atoms with van der Waals surface area (Å²) in [4.78, 5) is 4.55. The Hall–Kier alpha value is -2.16. The summed E-state index contributed by atoms with van der Waals surface area (Å²) in [6.07, 6.45) is 0.771. The smallest absolute Gasteiger partial charge is 0.191 e. The summed E-state index contributed by atoms with van der Waals surface area (Å²) in [5.41, 5.74) is 1.06. The Morgan fingerprint density at radius 1 is 1.07 bits per heavy atom. The third-order valence-corrected chi connectivity index (χ3v) is 3.65. The Morgan fingerprint density at radius 3 is 2.48 bits per heavy atom. The first-order valence-electron chi connectivity index (χ1n) is 8.78. The summed E-state index contributed by atoms with van der Waals surface area (Å²) < 4.78 is 10.8. The molecule has 7 heteroatoms. The minimum atomic E-state index is 0. The predicted molar refractivity (Wildman–Crippen MR) is 120 cm³/mol. The van der Waals surface area contributed by atoms with Gasteiger partial charge in [-0.1, -0.05) is 12.1 Å².